The molecule has 0 aromatic rings. The Bertz CT molecular complexity index is 518. The molecule has 0 saturated carbocycles. The maximum absolute atomic E-state index is 11.9. The molecule has 0 saturated heterocycles. The van der Waals surface area contributed by atoms with Crippen molar-refractivity contribution in [1.82, 2.24) is 0 Å². The van der Waals surface area contributed by atoms with Crippen LogP contribution in [0, 0.1) is 0 Å². The molecule has 1 atom stereocenters. The molecular formula is C14H16O4. The van der Waals surface area contributed by atoms with E-state index in [-0.39, 0.29) is 12.2 Å². The maximum Gasteiger partial charge on any atom is 0.340 e. The topological polar surface area (TPSA) is 63.6 Å². The van der Waals surface area contributed by atoms with E-state index in [9.17, 15) is 14.7 Å². The van der Waals surface area contributed by atoms with Crippen LogP contribution in [0.5, 0.6) is 0 Å². The van der Waals surface area contributed by atoms with E-state index in [0.717, 1.165) is 0 Å². The summed E-state index contributed by atoms with van der Waals surface area (Å²) >= 11 is 0. The quantitative estimate of drug-likeness (QED) is 0.598. The van der Waals surface area contributed by atoms with Crippen molar-refractivity contribution >= 4 is 11.8 Å². The van der Waals surface area contributed by atoms with Crippen LogP contribution >= 0.6 is 0 Å². The Morgan fingerprint density at radius 3 is 2.72 bits per heavy atom. The molecule has 0 aromatic carbocycles. The summed E-state index contributed by atoms with van der Waals surface area (Å²) < 4.78 is 5.15. The Kier molecular flexibility index (Phi) is 2.99. The minimum atomic E-state index is -1.45. The number of ketones is 1. The third kappa shape index (κ3) is 1.82. The molecule has 2 rings (SSSR count). The molecule has 18 heavy (non-hydrogen) atoms. The first kappa shape index (κ1) is 12.8. The van der Waals surface area contributed by atoms with E-state index in [4.69, 9.17) is 4.74 Å². The fourth-order valence-corrected chi connectivity index (χ4v) is 2.34. The summed E-state index contributed by atoms with van der Waals surface area (Å²) in [6, 6.07) is 0. The second-order valence-electron chi connectivity index (χ2n) is 4.85. The third-order valence-electron chi connectivity index (χ3n) is 3.33. The van der Waals surface area contributed by atoms with Crippen LogP contribution in [0.15, 0.2) is 34.6 Å². The van der Waals surface area contributed by atoms with Gasteiger partial charge in [0.1, 0.15) is 11.4 Å². The average Bonchev–Trinajstić information content (AvgIpc) is 2.60. The molecule has 4 heteroatoms. The summed E-state index contributed by atoms with van der Waals surface area (Å²) in [6.45, 7) is 4.92. The fraction of sp³-hybridized carbons (Fsp3) is 0.429. The van der Waals surface area contributed by atoms with Crippen molar-refractivity contribution < 1.29 is 19.4 Å². The third-order valence-corrected chi connectivity index (χ3v) is 3.33. The number of allylic oxidation sites excluding steroid dienone is 3. The molecule has 2 aliphatic rings. The van der Waals surface area contributed by atoms with Crippen LogP contribution in [-0.4, -0.2) is 22.5 Å². The zero-order chi connectivity index (χ0) is 13.5. The molecule has 1 heterocycles. The first-order valence-corrected chi connectivity index (χ1v) is 5.92. The van der Waals surface area contributed by atoms with Gasteiger partial charge in [-0.3, -0.25) is 4.79 Å². The van der Waals surface area contributed by atoms with E-state index in [1.807, 2.05) is 19.1 Å². The van der Waals surface area contributed by atoms with Gasteiger partial charge in [0, 0.05) is 23.1 Å². The minimum Gasteiger partial charge on any atom is -0.422 e. The number of fused-ring (bicyclic) bond motifs is 1. The molecule has 0 spiro atoms. The van der Waals surface area contributed by atoms with E-state index < -0.39 is 11.6 Å². The van der Waals surface area contributed by atoms with Gasteiger partial charge in [0.15, 0.2) is 5.78 Å². The lowest BCUT2D eigenvalue weighted by Gasteiger charge is -2.28. The van der Waals surface area contributed by atoms with Gasteiger partial charge in [-0.2, -0.15) is 0 Å². The summed E-state index contributed by atoms with van der Waals surface area (Å²) in [5.74, 6) is -0.444. The molecule has 0 amide bonds. The number of carbonyl (C=O) groups excluding carboxylic acids is 2. The second kappa shape index (κ2) is 4.21. The van der Waals surface area contributed by atoms with Crippen LogP contribution in [-0.2, 0) is 14.3 Å². The molecule has 1 N–H and O–H groups in total. The van der Waals surface area contributed by atoms with E-state index in [1.165, 1.54) is 6.92 Å². The van der Waals surface area contributed by atoms with Crippen molar-refractivity contribution in [2.75, 3.05) is 0 Å². The predicted molar refractivity (Wildman–Crippen MR) is 65.5 cm³/mol. The van der Waals surface area contributed by atoms with E-state index in [2.05, 4.69) is 0 Å². The molecular weight excluding hydrogens is 232 g/mol. The molecule has 0 bridgehead atoms. The van der Waals surface area contributed by atoms with Gasteiger partial charge >= 0.3 is 5.97 Å². The highest BCUT2D eigenvalue weighted by atomic mass is 16.5. The molecule has 1 aliphatic heterocycles. The monoisotopic (exact) mass is 248 g/mol. The van der Waals surface area contributed by atoms with Gasteiger partial charge in [0.25, 0.3) is 0 Å². The predicted octanol–water partition coefficient (Wildman–Crippen LogP) is 1.80. The molecule has 1 aliphatic carbocycles. The Balaban J connectivity index is 2.54. The zero-order valence-corrected chi connectivity index (χ0v) is 10.7. The van der Waals surface area contributed by atoms with Gasteiger partial charge in [-0.05, 0) is 27.2 Å². The van der Waals surface area contributed by atoms with Gasteiger partial charge in [-0.25, -0.2) is 4.79 Å². The van der Waals surface area contributed by atoms with Gasteiger partial charge < -0.3 is 9.84 Å². The Morgan fingerprint density at radius 1 is 1.44 bits per heavy atom. The van der Waals surface area contributed by atoms with Crippen LogP contribution in [0.1, 0.15) is 33.6 Å². The Labute approximate surface area is 106 Å². The second-order valence-corrected chi connectivity index (χ2v) is 4.85. The maximum atomic E-state index is 11.9. The first-order valence-electron chi connectivity index (χ1n) is 5.92. The Morgan fingerprint density at radius 2 is 2.11 bits per heavy atom. The normalized spacial score (nSPS) is 28.2. The summed E-state index contributed by atoms with van der Waals surface area (Å²) in [7, 11) is 0. The number of carbonyl (C=O) groups is 2. The number of aliphatic hydroxyl groups is 1. The molecule has 1 unspecified atom stereocenters. The lowest BCUT2D eigenvalue weighted by molar-refractivity contribution is -0.134. The number of Topliss-reactive ketones (excluding diaryl/α,β-unsaturated/α-hetero) is 1. The number of hydrogen-bond acceptors (Lipinski definition) is 4. The summed E-state index contributed by atoms with van der Waals surface area (Å²) in [5.41, 5.74) is 0.0819. The van der Waals surface area contributed by atoms with Crippen molar-refractivity contribution in [3.63, 3.8) is 0 Å². The van der Waals surface area contributed by atoms with Crippen LogP contribution in [0.25, 0.3) is 0 Å². The highest BCUT2D eigenvalue weighted by Gasteiger charge is 2.44. The lowest BCUT2D eigenvalue weighted by atomic mass is 9.80. The summed E-state index contributed by atoms with van der Waals surface area (Å²) in [6.07, 6.45) is 4.30. The van der Waals surface area contributed by atoms with Crippen LogP contribution in [0.4, 0.5) is 0 Å². The van der Waals surface area contributed by atoms with E-state index >= 15 is 0 Å². The number of hydrogen-bond donors (Lipinski definition) is 1. The number of rotatable bonds is 2. The van der Waals surface area contributed by atoms with Crippen LogP contribution in [0.3, 0.4) is 0 Å². The highest BCUT2D eigenvalue weighted by Crippen LogP contribution is 2.41. The van der Waals surface area contributed by atoms with Gasteiger partial charge in [0.05, 0.1) is 0 Å². The summed E-state index contributed by atoms with van der Waals surface area (Å²) in [5, 5.41) is 10.1. The van der Waals surface area contributed by atoms with Crippen LogP contribution < -0.4 is 0 Å². The van der Waals surface area contributed by atoms with Crippen molar-refractivity contribution in [1.29, 1.82) is 0 Å². The van der Waals surface area contributed by atoms with Crippen LogP contribution in [0.2, 0.25) is 0 Å². The van der Waals surface area contributed by atoms with Crippen molar-refractivity contribution in [2.45, 2.75) is 39.2 Å². The zero-order valence-electron chi connectivity index (χ0n) is 10.7. The molecule has 0 radical (unpaired) electrons. The van der Waals surface area contributed by atoms with E-state index in [0.29, 0.717) is 28.9 Å². The Hall–Kier alpha value is -1.68. The van der Waals surface area contributed by atoms with Crippen molar-refractivity contribution in [3.8, 4) is 0 Å². The van der Waals surface area contributed by atoms with Crippen molar-refractivity contribution in [3.05, 3.63) is 34.6 Å². The van der Waals surface area contributed by atoms with Gasteiger partial charge in [0.2, 0.25) is 0 Å². The number of esters is 1. The number of ether oxygens (including phenoxy) is 1. The lowest BCUT2D eigenvalue weighted by Crippen LogP contribution is -2.39. The summed E-state index contributed by atoms with van der Waals surface area (Å²) in [4.78, 5) is 23.6. The fourth-order valence-electron chi connectivity index (χ4n) is 2.34. The SMILES string of the molecule is C/C=C/CC1=C2CC(C)(O)C(=O)C(C)=C2OC1=O. The minimum absolute atomic E-state index is 0.136. The standard InChI is InChI=1S/C14H16O4/c1-4-5-6-9-10-7-14(3,17)12(15)8(2)11(10)18-13(9)16/h4-5,17H,6-7H2,1-3H3/b5-4+. The molecule has 96 valence electrons. The highest BCUT2D eigenvalue weighted by molar-refractivity contribution is 6.07. The molecule has 4 nitrogen and oxygen atoms in total. The molecule has 0 fully saturated rings. The smallest absolute Gasteiger partial charge is 0.340 e. The molecule has 0 aromatic heterocycles. The van der Waals surface area contributed by atoms with Gasteiger partial charge in [-0.1, -0.05) is 12.2 Å². The first-order chi connectivity index (χ1) is 8.38. The largest absolute Gasteiger partial charge is 0.422 e. The van der Waals surface area contributed by atoms with Crippen molar-refractivity contribution in [2.24, 2.45) is 0 Å². The average molecular weight is 248 g/mol. The van der Waals surface area contributed by atoms with E-state index in [1.54, 1.807) is 6.92 Å². The van der Waals surface area contributed by atoms with Gasteiger partial charge in [-0.15, -0.1) is 0 Å².